The van der Waals surface area contributed by atoms with Crippen molar-refractivity contribution in [2.75, 3.05) is 6.54 Å². The first kappa shape index (κ1) is 20.0. The van der Waals surface area contributed by atoms with Crippen LogP contribution in [0.3, 0.4) is 0 Å². The highest BCUT2D eigenvalue weighted by Gasteiger charge is 2.19. The van der Waals surface area contributed by atoms with E-state index in [4.69, 9.17) is 0 Å². The van der Waals surface area contributed by atoms with E-state index in [-0.39, 0.29) is 15.9 Å². The van der Waals surface area contributed by atoms with Crippen LogP contribution in [0.1, 0.15) is 31.9 Å². The van der Waals surface area contributed by atoms with Crippen LogP contribution in [-0.4, -0.2) is 34.7 Å². The van der Waals surface area contributed by atoms with Crippen molar-refractivity contribution in [2.45, 2.75) is 32.1 Å². The largest absolute Gasteiger partial charge is 0.296 e. The molecule has 3 heterocycles. The van der Waals surface area contributed by atoms with E-state index >= 15 is 0 Å². The van der Waals surface area contributed by atoms with Gasteiger partial charge in [0, 0.05) is 43.3 Å². The topological polar surface area (TPSA) is 110 Å². The Morgan fingerprint density at radius 2 is 1.96 bits per heavy atom. The number of hydrogen-bond donors (Lipinski definition) is 2. The summed E-state index contributed by atoms with van der Waals surface area (Å²) in [7, 11) is -3.66. The number of aromatic amines is 1. The van der Waals surface area contributed by atoms with Gasteiger partial charge in [0.1, 0.15) is 4.90 Å². The zero-order chi connectivity index (χ0) is 20.4. The van der Waals surface area contributed by atoms with E-state index in [0.29, 0.717) is 24.3 Å². The van der Waals surface area contributed by atoms with Crippen LogP contribution in [0.4, 0.5) is 0 Å². The summed E-state index contributed by atoms with van der Waals surface area (Å²) in [6, 6.07) is 6.64. The Bertz CT molecular complexity index is 1090. The van der Waals surface area contributed by atoms with Crippen LogP contribution in [0.25, 0.3) is 5.82 Å². The first-order valence-corrected chi connectivity index (χ1v) is 10.3. The molecular formula is C19H23N5O3S. The molecule has 0 aliphatic rings. The van der Waals surface area contributed by atoms with Crippen LogP contribution in [0.2, 0.25) is 0 Å². The van der Waals surface area contributed by atoms with E-state index in [1.54, 1.807) is 18.6 Å². The number of nitrogens with one attached hydrogen (secondary N) is 2. The molecule has 9 heteroatoms. The number of hydrogen-bond acceptors (Lipinski definition) is 5. The molecule has 0 aliphatic carbocycles. The van der Waals surface area contributed by atoms with Gasteiger partial charge in [0.05, 0.1) is 0 Å². The van der Waals surface area contributed by atoms with Crippen LogP contribution in [0.5, 0.6) is 0 Å². The molecule has 0 saturated carbocycles. The van der Waals surface area contributed by atoms with Gasteiger partial charge >= 0.3 is 0 Å². The summed E-state index contributed by atoms with van der Waals surface area (Å²) in [6.07, 6.45) is 6.69. The molecule has 3 aromatic heterocycles. The maximum Gasteiger partial charge on any atom is 0.276 e. The average Bonchev–Trinajstić information content (AvgIpc) is 3.01. The highest BCUT2D eigenvalue weighted by atomic mass is 32.2. The molecule has 2 N–H and O–H groups in total. The summed E-state index contributed by atoms with van der Waals surface area (Å²) >= 11 is 0. The molecule has 0 radical (unpaired) electrons. The second-order valence-corrected chi connectivity index (χ2v) is 9.48. The highest BCUT2D eigenvalue weighted by molar-refractivity contribution is 7.89. The average molecular weight is 401 g/mol. The second-order valence-electron chi connectivity index (χ2n) is 7.71. The summed E-state index contributed by atoms with van der Waals surface area (Å²) in [5.41, 5.74) is 1.07. The maximum absolute atomic E-state index is 12.6. The van der Waals surface area contributed by atoms with Gasteiger partial charge < -0.3 is 0 Å². The lowest BCUT2D eigenvalue weighted by Gasteiger charge is -2.18. The first-order chi connectivity index (χ1) is 13.2. The normalized spacial score (nSPS) is 12.2. The van der Waals surface area contributed by atoms with Gasteiger partial charge in [-0.3, -0.25) is 14.9 Å². The Balaban J connectivity index is 1.80. The Morgan fingerprint density at radius 3 is 2.57 bits per heavy atom. The Morgan fingerprint density at radius 1 is 1.18 bits per heavy atom. The van der Waals surface area contributed by atoms with E-state index in [1.165, 1.54) is 23.0 Å². The van der Waals surface area contributed by atoms with E-state index in [2.05, 4.69) is 19.8 Å². The van der Waals surface area contributed by atoms with Crippen molar-refractivity contribution < 1.29 is 8.42 Å². The van der Waals surface area contributed by atoms with Crippen molar-refractivity contribution in [3.05, 3.63) is 70.5 Å². The molecule has 0 amide bonds. The second kappa shape index (κ2) is 7.69. The summed E-state index contributed by atoms with van der Waals surface area (Å²) in [6.45, 7) is 6.14. The summed E-state index contributed by atoms with van der Waals surface area (Å²) in [4.78, 5) is 20.8. The van der Waals surface area contributed by atoms with Crippen molar-refractivity contribution in [2.24, 2.45) is 5.41 Å². The number of aromatic nitrogens is 4. The van der Waals surface area contributed by atoms with Crippen molar-refractivity contribution in [1.29, 1.82) is 0 Å². The van der Waals surface area contributed by atoms with Crippen LogP contribution in [-0.2, 0) is 16.4 Å². The van der Waals surface area contributed by atoms with Crippen LogP contribution in [0.15, 0.2) is 58.7 Å². The van der Waals surface area contributed by atoms with Crippen molar-refractivity contribution in [3.63, 3.8) is 0 Å². The Hall–Kier alpha value is -2.78. The lowest BCUT2D eigenvalue weighted by atomic mass is 9.98. The first-order valence-electron chi connectivity index (χ1n) is 8.80. The predicted molar refractivity (Wildman–Crippen MR) is 106 cm³/mol. The summed E-state index contributed by atoms with van der Waals surface area (Å²) in [5.74, 6) is 0.317. The smallest absolute Gasteiger partial charge is 0.276 e. The minimum Gasteiger partial charge on any atom is -0.296 e. The lowest BCUT2D eigenvalue weighted by Crippen LogP contribution is -2.32. The molecule has 0 fully saturated rings. The monoisotopic (exact) mass is 401 g/mol. The van der Waals surface area contributed by atoms with Gasteiger partial charge in [-0.1, -0.05) is 26.8 Å². The summed E-state index contributed by atoms with van der Waals surface area (Å²) in [5, 5.41) is 2.87. The van der Waals surface area contributed by atoms with E-state index in [9.17, 15) is 13.2 Å². The van der Waals surface area contributed by atoms with Crippen molar-refractivity contribution in [3.8, 4) is 5.82 Å². The van der Waals surface area contributed by atoms with Gasteiger partial charge in [-0.25, -0.2) is 22.8 Å². The van der Waals surface area contributed by atoms with Gasteiger partial charge in [0.15, 0.2) is 5.82 Å². The fourth-order valence-electron chi connectivity index (χ4n) is 2.48. The quantitative estimate of drug-likeness (QED) is 0.655. The fraction of sp³-hybridized carbons (Fsp3) is 0.316. The van der Waals surface area contributed by atoms with E-state index < -0.39 is 10.0 Å². The third-order valence-corrected chi connectivity index (χ3v) is 5.40. The molecule has 0 atom stereocenters. The summed E-state index contributed by atoms with van der Waals surface area (Å²) < 4.78 is 28.6. The minimum atomic E-state index is -3.66. The molecule has 0 saturated heterocycles. The third-order valence-electron chi connectivity index (χ3n) is 4.02. The van der Waals surface area contributed by atoms with Crippen LogP contribution >= 0.6 is 0 Å². The van der Waals surface area contributed by atoms with Gasteiger partial charge in [-0.05, 0) is 29.2 Å². The maximum atomic E-state index is 12.6. The fourth-order valence-corrected chi connectivity index (χ4v) is 3.71. The van der Waals surface area contributed by atoms with Crippen LogP contribution in [0, 0.1) is 5.41 Å². The molecule has 148 valence electrons. The highest BCUT2D eigenvalue weighted by Crippen LogP contribution is 2.14. The zero-order valence-corrected chi connectivity index (χ0v) is 16.8. The van der Waals surface area contributed by atoms with Gasteiger partial charge in [0.2, 0.25) is 10.0 Å². The van der Waals surface area contributed by atoms with Crippen molar-refractivity contribution >= 4 is 10.0 Å². The van der Waals surface area contributed by atoms with Gasteiger partial charge in [-0.2, -0.15) is 0 Å². The zero-order valence-electron chi connectivity index (χ0n) is 16.0. The lowest BCUT2D eigenvalue weighted by molar-refractivity contribution is 0.407. The molecule has 3 rings (SSSR count). The molecule has 0 spiro atoms. The standard InChI is InChI=1S/C19H23N5O3S/c1-19(2,3)13-23-28(26,27)16-6-7-17(21-12-16)24-18(25)15(11-22-24)9-14-5-4-8-20-10-14/h4-8,10-12,22-23H,9,13H2,1-3H3. The molecule has 0 unspecified atom stereocenters. The number of sulfonamides is 1. The molecule has 28 heavy (non-hydrogen) atoms. The Labute approximate surface area is 163 Å². The molecule has 3 aromatic rings. The number of H-pyrrole nitrogens is 1. The van der Waals surface area contributed by atoms with Crippen LogP contribution < -0.4 is 10.3 Å². The number of nitrogens with zero attached hydrogens (tertiary/aromatic N) is 3. The number of rotatable bonds is 6. The third kappa shape index (κ3) is 4.73. The molecular weight excluding hydrogens is 378 g/mol. The molecule has 0 aromatic carbocycles. The van der Waals surface area contributed by atoms with E-state index in [0.717, 1.165) is 5.56 Å². The van der Waals surface area contributed by atoms with E-state index in [1.807, 2.05) is 32.9 Å². The Kier molecular flexibility index (Phi) is 5.48. The molecule has 0 bridgehead atoms. The van der Waals surface area contributed by atoms with Gasteiger partial charge in [0.25, 0.3) is 5.56 Å². The molecule has 0 aliphatic heterocycles. The SMILES string of the molecule is CC(C)(C)CNS(=O)(=O)c1ccc(-n2[nH]cc(Cc3cccnc3)c2=O)nc1. The predicted octanol–water partition coefficient (Wildman–Crippen LogP) is 1.87. The minimum absolute atomic E-state index is 0.0516. The van der Waals surface area contributed by atoms with Crippen molar-refractivity contribution in [1.82, 2.24) is 24.5 Å². The van der Waals surface area contributed by atoms with Gasteiger partial charge in [-0.15, -0.1) is 0 Å². The number of pyridine rings is 2. The molecule has 8 nitrogen and oxygen atoms in total.